The standard InChI is InChI=1S/C19H18BBrF2N2/c1-11-9-13(3)24-18(11)17(15-5-7-16(21)8-6-15)19-12(2)10-14(4)25(19)20(24,22)23/h5-10H,1-4H3. The number of halogens is 3. The topological polar surface area (TPSA) is 7.94 Å². The molecule has 25 heavy (non-hydrogen) atoms. The monoisotopic (exact) mass is 402 g/mol. The fourth-order valence-corrected chi connectivity index (χ4v) is 4.45. The van der Waals surface area contributed by atoms with E-state index in [1.807, 2.05) is 50.3 Å². The molecule has 2 aromatic rings. The summed E-state index contributed by atoms with van der Waals surface area (Å²) in [7, 11) is 0. The number of nitrogens with zero attached hydrogens (tertiary/aromatic N) is 2. The van der Waals surface area contributed by atoms with Crippen LogP contribution in [0.15, 0.2) is 52.2 Å². The summed E-state index contributed by atoms with van der Waals surface area (Å²) < 4.78 is 34.3. The predicted molar refractivity (Wildman–Crippen MR) is 102 cm³/mol. The molecule has 0 bridgehead atoms. The molecule has 4 rings (SSSR count). The summed E-state index contributed by atoms with van der Waals surface area (Å²) in [6.07, 6.45) is 1.85. The van der Waals surface area contributed by atoms with Crippen molar-refractivity contribution in [2.24, 2.45) is 0 Å². The molecule has 0 unspecified atom stereocenters. The Morgan fingerprint density at radius 3 is 2.32 bits per heavy atom. The van der Waals surface area contributed by atoms with Gasteiger partial charge in [0.25, 0.3) is 0 Å². The van der Waals surface area contributed by atoms with Gasteiger partial charge in [0, 0.05) is 28.7 Å². The van der Waals surface area contributed by atoms with Gasteiger partial charge >= 0.3 is 6.97 Å². The molecule has 6 heteroatoms. The fourth-order valence-electron chi connectivity index (χ4n) is 4.19. The lowest BCUT2D eigenvalue weighted by Crippen LogP contribution is -2.51. The van der Waals surface area contributed by atoms with E-state index in [1.165, 1.54) is 8.96 Å². The van der Waals surface area contributed by atoms with Gasteiger partial charge in [0.15, 0.2) is 5.70 Å². The lowest BCUT2D eigenvalue weighted by molar-refractivity contribution is -0.363. The van der Waals surface area contributed by atoms with E-state index < -0.39 is 6.97 Å². The summed E-state index contributed by atoms with van der Waals surface area (Å²) in [5.41, 5.74) is 5.99. The fraction of sp³-hybridized carbons (Fsp3) is 0.211. The van der Waals surface area contributed by atoms with E-state index in [-0.39, 0.29) is 0 Å². The lowest BCUT2D eigenvalue weighted by atomic mass is 9.84. The zero-order valence-electron chi connectivity index (χ0n) is 14.6. The Bertz CT molecular complexity index is 1010. The summed E-state index contributed by atoms with van der Waals surface area (Å²) >= 11 is 3.45. The molecule has 0 radical (unpaired) electrons. The van der Waals surface area contributed by atoms with Crippen molar-refractivity contribution in [2.45, 2.75) is 27.7 Å². The maximum absolute atomic E-state index is 15.5. The Morgan fingerprint density at radius 2 is 1.68 bits per heavy atom. The largest absolute Gasteiger partial charge is 0.737 e. The maximum atomic E-state index is 15.5. The lowest BCUT2D eigenvalue weighted by Gasteiger charge is -2.34. The van der Waals surface area contributed by atoms with Crippen molar-refractivity contribution >= 4 is 34.2 Å². The Morgan fingerprint density at radius 1 is 1.04 bits per heavy atom. The van der Waals surface area contributed by atoms with Crippen LogP contribution >= 0.6 is 15.9 Å². The molecule has 0 saturated heterocycles. The molecule has 0 atom stereocenters. The first-order valence-corrected chi connectivity index (χ1v) is 9.06. The van der Waals surface area contributed by atoms with Crippen LogP contribution in [0.3, 0.4) is 0 Å². The molecule has 0 aliphatic carbocycles. The number of hydrogen-bond donors (Lipinski definition) is 0. The van der Waals surface area contributed by atoms with Crippen LogP contribution in [0.1, 0.15) is 36.4 Å². The number of benzene rings is 1. The van der Waals surface area contributed by atoms with Crippen LogP contribution < -0.4 is 0 Å². The Labute approximate surface area is 154 Å². The number of fused-ring (bicyclic) bond motifs is 2. The second kappa shape index (κ2) is 5.27. The van der Waals surface area contributed by atoms with E-state index in [0.29, 0.717) is 22.8 Å². The first-order chi connectivity index (χ1) is 11.7. The zero-order chi connectivity index (χ0) is 18.1. The van der Waals surface area contributed by atoms with Gasteiger partial charge in [-0.25, -0.2) is 0 Å². The number of hydrogen-bond acceptors (Lipinski definition) is 0. The normalized spacial score (nSPS) is 18.4. The molecule has 1 aromatic heterocycles. The van der Waals surface area contributed by atoms with E-state index >= 15 is 8.63 Å². The van der Waals surface area contributed by atoms with E-state index in [0.717, 1.165) is 26.7 Å². The SMILES string of the molecule is CC1=CC(C)=[N+]2C1=C(c1ccc(Br)cc1)c1c(C)cc(C)n1[B-]2(F)F. The predicted octanol–water partition coefficient (Wildman–Crippen LogP) is 5.30. The van der Waals surface area contributed by atoms with Crippen LogP contribution in [-0.4, -0.2) is 21.6 Å². The van der Waals surface area contributed by atoms with Crippen molar-refractivity contribution in [2.75, 3.05) is 0 Å². The smallest absolute Gasteiger partial charge is 0.393 e. The third-order valence-corrected chi connectivity index (χ3v) is 5.60. The Hall–Kier alpha value is -1.95. The molecular formula is C19H18BBrF2N2. The van der Waals surface area contributed by atoms with Crippen LogP contribution in [0.2, 0.25) is 0 Å². The van der Waals surface area contributed by atoms with Crippen LogP contribution in [-0.2, 0) is 0 Å². The minimum absolute atomic E-state index is 0.587. The van der Waals surface area contributed by atoms with E-state index in [1.54, 1.807) is 13.8 Å². The highest BCUT2D eigenvalue weighted by Crippen LogP contribution is 2.44. The van der Waals surface area contributed by atoms with Gasteiger partial charge in [0.2, 0.25) is 0 Å². The minimum Gasteiger partial charge on any atom is -0.393 e. The van der Waals surface area contributed by atoms with Crippen LogP contribution in [0, 0.1) is 13.8 Å². The van der Waals surface area contributed by atoms with E-state index in [9.17, 15) is 0 Å². The second-order valence-electron chi connectivity index (χ2n) is 6.84. The summed E-state index contributed by atoms with van der Waals surface area (Å²) in [5.74, 6) is 0. The first-order valence-electron chi connectivity index (χ1n) is 8.26. The van der Waals surface area contributed by atoms with Gasteiger partial charge < -0.3 is 17.6 Å². The first kappa shape index (κ1) is 16.5. The molecule has 3 heterocycles. The summed E-state index contributed by atoms with van der Waals surface area (Å²) in [4.78, 5) is 0. The van der Waals surface area contributed by atoms with Crippen molar-refractivity contribution in [1.29, 1.82) is 0 Å². The van der Waals surface area contributed by atoms with Gasteiger partial charge in [-0.05, 0) is 55.8 Å². The van der Waals surface area contributed by atoms with Crippen molar-refractivity contribution in [3.8, 4) is 0 Å². The van der Waals surface area contributed by atoms with Gasteiger partial charge in [0.05, 0.1) is 5.57 Å². The van der Waals surface area contributed by atoms with Crippen LogP contribution in [0.5, 0.6) is 0 Å². The summed E-state index contributed by atoms with van der Waals surface area (Å²) in [6, 6.07) is 9.71. The van der Waals surface area contributed by atoms with Gasteiger partial charge in [-0.3, -0.25) is 0 Å². The highest BCUT2D eigenvalue weighted by Gasteiger charge is 2.55. The quantitative estimate of drug-likeness (QED) is 0.572. The third-order valence-electron chi connectivity index (χ3n) is 5.07. The molecule has 0 spiro atoms. The van der Waals surface area contributed by atoms with Crippen molar-refractivity contribution < 1.29 is 13.1 Å². The van der Waals surface area contributed by atoms with Gasteiger partial charge in [0.1, 0.15) is 5.71 Å². The third kappa shape index (κ3) is 2.16. The number of allylic oxidation sites excluding steroid dienone is 2. The molecule has 0 amide bonds. The molecule has 0 N–H and O–H groups in total. The Balaban J connectivity index is 2.17. The van der Waals surface area contributed by atoms with Crippen molar-refractivity contribution in [3.05, 3.63) is 74.7 Å². The minimum atomic E-state index is -3.91. The average molecular weight is 403 g/mol. The molecule has 2 aliphatic heterocycles. The van der Waals surface area contributed by atoms with Gasteiger partial charge in [-0.1, -0.05) is 28.1 Å². The molecular weight excluding hydrogens is 385 g/mol. The highest BCUT2D eigenvalue weighted by molar-refractivity contribution is 9.10. The molecule has 2 nitrogen and oxygen atoms in total. The molecule has 0 saturated carbocycles. The molecule has 0 fully saturated rings. The molecule has 128 valence electrons. The van der Waals surface area contributed by atoms with Gasteiger partial charge in [-0.2, -0.15) is 0 Å². The summed E-state index contributed by atoms with van der Waals surface area (Å²) in [5, 5.41) is 0. The van der Waals surface area contributed by atoms with Gasteiger partial charge in [-0.15, -0.1) is 0 Å². The number of aryl methyl sites for hydroxylation is 2. The molecule has 2 aliphatic rings. The van der Waals surface area contributed by atoms with Crippen molar-refractivity contribution in [1.82, 2.24) is 4.48 Å². The van der Waals surface area contributed by atoms with Crippen LogP contribution in [0.4, 0.5) is 8.63 Å². The summed E-state index contributed by atoms with van der Waals surface area (Å²) in [6.45, 7) is 3.41. The molecule has 1 aromatic carbocycles. The van der Waals surface area contributed by atoms with Crippen LogP contribution in [0.25, 0.3) is 5.57 Å². The van der Waals surface area contributed by atoms with E-state index in [4.69, 9.17) is 0 Å². The Kier molecular flexibility index (Phi) is 3.49. The number of aromatic nitrogens is 1. The number of rotatable bonds is 1. The highest BCUT2D eigenvalue weighted by atomic mass is 79.9. The van der Waals surface area contributed by atoms with E-state index in [2.05, 4.69) is 15.9 Å². The average Bonchev–Trinajstić information content (AvgIpc) is 2.99. The maximum Gasteiger partial charge on any atom is 0.737 e. The van der Waals surface area contributed by atoms with Crippen molar-refractivity contribution in [3.63, 3.8) is 0 Å². The second-order valence-corrected chi connectivity index (χ2v) is 7.76. The zero-order valence-corrected chi connectivity index (χ0v) is 16.2.